The minimum atomic E-state index is -4.27. The summed E-state index contributed by atoms with van der Waals surface area (Å²) in [5.41, 5.74) is 2.78. The molecule has 0 saturated heterocycles. The molecular formula is C11H11F3N4O. The fourth-order valence-corrected chi connectivity index (χ4v) is 1.49. The second-order valence-electron chi connectivity index (χ2n) is 3.73. The number of hydrogen-bond donors (Lipinski definition) is 2. The number of nitrogens with zero attached hydrogens (tertiary/aromatic N) is 2. The Balaban J connectivity index is 2.25. The highest BCUT2D eigenvalue weighted by atomic mass is 19.4. The van der Waals surface area contributed by atoms with Gasteiger partial charge >= 0.3 is 6.18 Å². The molecule has 0 aliphatic carbocycles. The lowest BCUT2D eigenvalue weighted by molar-refractivity contribution is -0.139. The molecule has 0 atom stereocenters. The Labute approximate surface area is 106 Å². The van der Waals surface area contributed by atoms with E-state index in [0.717, 1.165) is 0 Å². The normalized spacial score (nSPS) is 11.6. The van der Waals surface area contributed by atoms with Gasteiger partial charge in [-0.1, -0.05) is 12.1 Å². The van der Waals surface area contributed by atoms with Gasteiger partial charge in [-0.3, -0.25) is 5.43 Å². The first-order valence-corrected chi connectivity index (χ1v) is 5.42. The lowest BCUT2D eigenvalue weighted by Crippen LogP contribution is -2.15. The van der Waals surface area contributed by atoms with Crippen LogP contribution in [-0.4, -0.2) is 22.8 Å². The molecule has 1 aromatic carbocycles. The molecule has 0 spiro atoms. The summed E-state index contributed by atoms with van der Waals surface area (Å²) >= 11 is 0. The van der Waals surface area contributed by atoms with Crippen LogP contribution in [0.25, 0.3) is 10.9 Å². The van der Waals surface area contributed by atoms with Crippen molar-refractivity contribution in [2.45, 2.75) is 12.6 Å². The molecule has 2 rings (SSSR count). The number of aromatic nitrogens is 2. The van der Waals surface area contributed by atoms with Crippen molar-refractivity contribution in [3.05, 3.63) is 24.3 Å². The molecule has 0 saturated carbocycles. The second kappa shape index (κ2) is 5.27. The van der Waals surface area contributed by atoms with Gasteiger partial charge in [0.15, 0.2) is 0 Å². The maximum atomic E-state index is 12.1. The van der Waals surface area contributed by atoms with Gasteiger partial charge in [0.25, 0.3) is 0 Å². The number of hydrazine groups is 1. The van der Waals surface area contributed by atoms with Crippen LogP contribution in [0.1, 0.15) is 6.42 Å². The van der Waals surface area contributed by atoms with Crippen LogP contribution < -0.4 is 16.0 Å². The number of benzene rings is 1. The lowest BCUT2D eigenvalue weighted by atomic mass is 10.2. The third-order valence-electron chi connectivity index (χ3n) is 2.32. The molecule has 0 aliphatic heterocycles. The molecule has 5 nitrogen and oxygen atoms in total. The maximum absolute atomic E-state index is 12.1. The van der Waals surface area contributed by atoms with Crippen molar-refractivity contribution in [2.75, 3.05) is 12.0 Å². The number of ether oxygens (including phenoxy) is 1. The van der Waals surface area contributed by atoms with Crippen molar-refractivity contribution in [1.82, 2.24) is 9.97 Å². The van der Waals surface area contributed by atoms with Crippen LogP contribution in [0, 0.1) is 0 Å². The number of alkyl halides is 3. The summed E-state index contributed by atoms with van der Waals surface area (Å²) in [5, 5.41) is 0.531. The fourth-order valence-electron chi connectivity index (χ4n) is 1.49. The van der Waals surface area contributed by atoms with Crippen LogP contribution in [0.3, 0.4) is 0 Å². The third kappa shape index (κ3) is 3.44. The molecule has 1 heterocycles. The van der Waals surface area contributed by atoms with Crippen molar-refractivity contribution in [2.24, 2.45) is 5.84 Å². The topological polar surface area (TPSA) is 73.1 Å². The van der Waals surface area contributed by atoms with E-state index in [2.05, 4.69) is 15.4 Å². The van der Waals surface area contributed by atoms with E-state index in [1.807, 2.05) is 0 Å². The first-order valence-electron chi connectivity index (χ1n) is 5.42. The van der Waals surface area contributed by atoms with E-state index in [1.165, 1.54) is 0 Å². The van der Waals surface area contributed by atoms with E-state index >= 15 is 0 Å². The molecule has 0 amide bonds. The molecule has 19 heavy (non-hydrogen) atoms. The zero-order valence-electron chi connectivity index (χ0n) is 9.74. The molecule has 0 unspecified atom stereocenters. The quantitative estimate of drug-likeness (QED) is 0.659. The maximum Gasteiger partial charge on any atom is 0.392 e. The van der Waals surface area contributed by atoms with E-state index in [9.17, 15) is 13.2 Å². The number of nitrogens with two attached hydrogens (primary N) is 1. The minimum Gasteiger partial charge on any atom is -0.477 e. The Morgan fingerprint density at radius 2 is 1.95 bits per heavy atom. The molecule has 0 bridgehead atoms. The van der Waals surface area contributed by atoms with Crippen molar-refractivity contribution in [3.63, 3.8) is 0 Å². The highest BCUT2D eigenvalue weighted by Gasteiger charge is 2.27. The Kier molecular flexibility index (Phi) is 3.70. The van der Waals surface area contributed by atoms with Gasteiger partial charge in [0, 0.05) is 0 Å². The highest BCUT2D eigenvalue weighted by molar-refractivity contribution is 5.84. The van der Waals surface area contributed by atoms with Crippen molar-refractivity contribution >= 4 is 16.9 Å². The summed E-state index contributed by atoms with van der Waals surface area (Å²) in [6, 6.07) is 6.82. The number of nitrogens with one attached hydrogen (secondary N) is 1. The Morgan fingerprint density at radius 3 is 2.63 bits per heavy atom. The number of para-hydroxylation sites is 1. The van der Waals surface area contributed by atoms with Crippen molar-refractivity contribution < 1.29 is 17.9 Å². The van der Waals surface area contributed by atoms with Gasteiger partial charge in [-0.2, -0.15) is 18.2 Å². The summed E-state index contributed by atoms with van der Waals surface area (Å²) in [4.78, 5) is 7.96. The number of hydrogen-bond acceptors (Lipinski definition) is 5. The molecule has 0 aliphatic rings. The first kappa shape index (κ1) is 13.3. The summed E-state index contributed by atoms with van der Waals surface area (Å²) in [6.45, 7) is -0.505. The Hall–Kier alpha value is -2.09. The zero-order chi connectivity index (χ0) is 13.9. The average Bonchev–Trinajstić information content (AvgIpc) is 2.37. The van der Waals surface area contributed by atoms with Crippen LogP contribution in [0.4, 0.5) is 19.1 Å². The molecule has 2 aromatic rings. The average molecular weight is 272 g/mol. The first-order chi connectivity index (χ1) is 8.99. The number of fused-ring (bicyclic) bond motifs is 1. The van der Waals surface area contributed by atoms with Gasteiger partial charge in [0.2, 0.25) is 11.8 Å². The van der Waals surface area contributed by atoms with Crippen LogP contribution in [0.5, 0.6) is 5.88 Å². The fraction of sp³-hybridized carbons (Fsp3) is 0.273. The number of nitrogen functional groups attached to an aromatic ring is 1. The molecule has 0 radical (unpaired) electrons. The molecule has 1 aromatic heterocycles. The summed E-state index contributed by atoms with van der Waals surface area (Å²) in [5.74, 6) is 5.35. The zero-order valence-corrected chi connectivity index (χ0v) is 9.74. The smallest absolute Gasteiger partial charge is 0.392 e. The van der Waals surface area contributed by atoms with Crippen LogP contribution in [-0.2, 0) is 0 Å². The molecular weight excluding hydrogens is 261 g/mol. The van der Waals surface area contributed by atoms with E-state index in [-0.39, 0.29) is 11.8 Å². The SMILES string of the molecule is NNc1nc(OCCC(F)(F)F)c2ccccc2n1. The van der Waals surface area contributed by atoms with Crippen LogP contribution in [0.2, 0.25) is 0 Å². The monoisotopic (exact) mass is 272 g/mol. The summed E-state index contributed by atoms with van der Waals surface area (Å²) in [6.07, 6.45) is -5.31. The van der Waals surface area contributed by atoms with Crippen LogP contribution in [0.15, 0.2) is 24.3 Å². The minimum absolute atomic E-state index is 0.0720. The van der Waals surface area contributed by atoms with Gasteiger partial charge < -0.3 is 4.74 Å². The van der Waals surface area contributed by atoms with Crippen molar-refractivity contribution in [1.29, 1.82) is 0 Å². The number of anilines is 1. The molecule has 3 N–H and O–H groups in total. The summed E-state index contributed by atoms with van der Waals surface area (Å²) in [7, 11) is 0. The standard InChI is InChI=1S/C11H11F3N4O/c12-11(13,14)5-6-19-9-7-3-1-2-4-8(7)16-10(17-9)18-15/h1-4H,5-6,15H2,(H,16,17,18). The molecule has 8 heteroatoms. The van der Waals surface area contributed by atoms with E-state index in [0.29, 0.717) is 10.9 Å². The van der Waals surface area contributed by atoms with Crippen molar-refractivity contribution in [3.8, 4) is 5.88 Å². The van der Waals surface area contributed by atoms with E-state index in [4.69, 9.17) is 10.6 Å². The predicted octanol–water partition coefficient (Wildman–Crippen LogP) is 2.25. The largest absolute Gasteiger partial charge is 0.477 e. The van der Waals surface area contributed by atoms with Gasteiger partial charge in [0.1, 0.15) is 0 Å². The summed E-state index contributed by atoms with van der Waals surface area (Å²) < 4.78 is 41.3. The van der Waals surface area contributed by atoms with Gasteiger partial charge in [0.05, 0.1) is 23.9 Å². The molecule has 102 valence electrons. The van der Waals surface area contributed by atoms with E-state index in [1.54, 1.807) is 24.3 Å². The van der Waals surface area contributed by atoms with Gasteiger partial charge in [-0.15, -0.1) is 0 Å². The highest BCUT2D eigenvalue weighted by Crippen LogP contribution is 2.25. The predicted molar refractivity (Wildman–Crippen MR) is 63.5 cm³/mol. The lowest BCUT2D eigenvalue weighted by Gasteiger charge is -2.10. The van der Waals surface area contributed by atoms with E-state index < -0.39 is 19.2 Å². The number of halogens is 3. The van der Waals surface area contributed by atoms with Crippen LogP contribution >= 0.6 is 0 Å². The Bertz CT molecular complexity index is 573. The Morgan fingerprint density at radius 1 is 1.21 bits per heavy atom. The number of rotatable bonds is 4. The van der Waals surface area contributed by atoms with Gasteiger partial charge in [-0.05, 0) is 12.1 Å². The third-order valence-corrected chi connectivity index (χ3v) is 2.32. The van der Waals surface area contributed by atoms with Gasteiger partial charge in [-0.25, -0.2) is 10.8 Å². The second-order valence-corrected chi connectivity index (χ2v) is 3.73. The molecule has 0 fully saturated rings.